The Hall–Kier alpha value is -3.09. The standard InChI is InChI=1S/C18H14F5N5O2S/c1-28-9(5-10(27-28)18(21,22)23)16(30)26-12-11-7(6-2-3-6)4-8(14(19)20)25-17(11)31-13(12)15(24)29/h4-6,14H,2-3H2,1H3,(H2,24,29)(H,26,30). The zero-order valence-corrected chi connectivity index (χ0v) is 16.6. The molecule has 0 saturated heterocycles. The van der Waals surface area contributed by atoms with E-state index >= 15 is 0 Å². The van der Waals surface area contributed by atoms with Crippen molar-refractivity contribution >= 4 is 39.1 Å². The molecule has 1 fully saturated rings. The van der Waals surface area contributed by atoms with Crippen LogP contribution in [-0.4, -0.2) is 26.6 Å². The van der Waals surface area contributed by atoms with Gasteiger partial charge < -0.3 is 11.1 Å². The minimum Gasteiger partial charge on any atom is -0.365 e. The summed E-state index contributed by atoms with van der Waals surface area (Å²) in [5.74, 6) is -1.95. The van der Waals surface area contributed by atoms with Crippen LogP contribution in [0.5, 0.6) is 0 Å². The van der Waals surface area contributed by atoms with Crippen LogP contribution >= 0.6 is 11.3 Å². The highest BCUT2D eigenvalue weighted by Crippen LogP contribution is 2.48. The van der Waals surface area contributed by atoms with Gasteiger partial charge in [-0.15, -0.1) is 11.3 Å². The number of nitrogens with one attached hydrogen (secondary N) is 1. The van der Waals surface area contributed by atoms with Crippen molar-refractivity contribution in [1.29, 1.82) is 0 Å². The summed E-state index contributed by atoms with van der Waals surface area (Å²) in [5, 5.41) is 6.00. The molecule has 0 radical (unpaired) electrons. The highest BCUT2D eigenvalue weighted by molar-refractivity contribution is 7.21. The fraction of sp³-hybridized carbons (Fsp3) is 0.333. The van der Waals surface area contributed by atoms with Crippen LogP contribution in [0.15, 0.2) is 12.1 Å². The van der Waals surface area contributed by atoms with Crippen LogP contribution in [-0.2, 0) is 13.2 Å². The second-order valence-electron chi connectivity index (χ2n) is 7.05. The molecule has 3 N–H and O–H groups in total. The van der Waals surface area contributed by atoms with E-state index in [1.54, 1.807) is 0 Å². The molecule has 0 aromatic carbocycles. The van der Waals surface area contributed by atoms with Gasteiger partial charge in [0.1, 0.15) is 21.1 Å². The molecule has 0 atom stereocenters. The molecule has 164 valence electrons. The average molecular weight is 459 g/mol. The van der Waals surface area contributed by atoms with Gasteiger partial charge >= 0.3 is 6.18 Å². The molecule has 1 saturated carbocycles. The molecule has 1 aliphatic carbocycles. The van der Waals surface area contributed by atoms with Gasteiger partial charge in [-0.25, -0.2) is 13.8 Å². The largest absolute Gasteiger partial charge is 0.435 e. The number of alkyl halides is 5. The number of halogens is 5. The summed E-state index contributed by atoms with van der Waals surface area (Å²) in [6, 6.07) is 1.80. The van der Waals surface area contributed by atoms with Crippen LogP contribution in [0.3, 0.4) is 0 Å². The third kappa shape index (κ3) is 3.84. The maximum Gasteiger partial charge on any atom is 0.435 e. The Balaban J connectivity index is 1.83. The van der Waals surface area contributed by atoms with E-state index in [0.717, 1.165) is 35.9 Å². The maximum atomic E-state index is 13.3. The molecule has 0 spiro atoms. The summed E-state index contributed by atoms with van der Waals surface area (Å²) in [6.45, 7) is 0. The van der Waals surface area contributed by atoms with Crippen molar-refractivity contribution in [2.45, 2.75) is 31.4 Å². The topological polar surface area (TPSA) is 103 Å². The van der Waals surface area contributed by atoms with Gasteiger partial charge in [0.05, 0.1) is 5.69 Å². The lowest BCUT2D eigenvalue weighted by atomic mass is 10.0. The van der Waals surface area contributed by atoms with Crippen molar-refractivity contribution in [2.24, 2.45) is 12.8 Å². The average Bonchev–Trinajstić information content (AvgIpc) is 3.34. The van der Waals surface area contributed by atoms with E-state index in [-0.39, 0.29) is 26.7 Å². The van der Waals surface area contributed by atoms with Crippen molar-refractivity contribution in [2.75, 3.05) is 5.32 Å². The second kappa shape index (κ2) is 7.25. The zero-order valence-electron chi connectivity index (χ0n) is 15.8. The number of carbonyl (C=O) groups excluding carboxylic acids is 2. The summed E-state index contributed by atoms with van der Waals surface area (Å²) in [5.41, 5.74) is 3.70. The van der Waals surface area contributed by atoms with Gasteiger partial charge in [-0.05, 0) is 30.4 Å². The minimum atomic E-state index is -4.75. The van der Waals surface area contributed by atoms with Crippen molar-refractivity contribution in [1.82, 2.24) is 14.8 Å². The Morgan fingerprint density at radius 1 is 1.29 bits per heavy atom. The molecule has 0 unspecified atom stereocenters. The van der Waals surface area contributed by atoms with Gasteiger partial charge in [-0.2, -0.15) is 18.3 Å². The lowest BCUT2D eigenvalue weighted by Crippen LogP contribution is -2.19. The number of anilines is 1. The summed E-state index contributed by atoms with van der Waals surface area (Å²) in [4.78, 5) is 28.5. The Bertz CT molecular complexity index is 1210. The number of pyridine rings is 1. The predicted molar refractivity (Wildman–Crippen MR) is 101 cm³/mol. The van der Waals surface area contributed by atoms with Gasteiger partial charge in [-0.3, -0.25) is 14.3 Å². The highest BCUT2D eigenvalue weighted by Gasteiger charge is 2.36. The first-order chi connectivity index (χ1) is 14.5. The number of nitrogens with two attached hydrogens (primary N) is 1. The number of thiophene rings is 1. The molecule has 7 nitrogen and oxygen atoms in total. The van der Waals surface area contributed by atoms with Crippen LogP contribution < -0.4 is 11.1 Å². The van der Waals surface area contributed by atoms with Crippen LogP contribution in [0.2, 0.25) is 0 Å². The van der Waals surface area contributed by atoms with Gasteiger partial charge in [0.15, 0.2) is 5.69 Å². The van der Waals surface area contributed by atoms with E-state index in [0.29, 0.717) is 11.6 Å². The van der Waals surface area contributed by atoms with Gasteiger partial charge in [0.2, 0.25) is 0 Å². The third-order valence-corrected chi connectivity index (χ3v) is 5.92. The number of hydrogen-bond donors (Lipinski definition) is 2. The summed E-state index contributed by atoms with van der Waals surface area (Å²) in [7, 11) is 1.16. The number of aryl methyl sites for hydroxylation is 1. The van der Waals surface area contributed by atoms with Gasteiger partial charge in [-0.1, -0.05) is 0 Å². The van der Waals surface area contributed by atoms with Gasteiger partial charge in [0.25, 0.3) is 18.2 Å². The summed E-state index contributed by atoms with van der Waals surface area (Å²) < 4.78 is 66.1. The molecule has 0 bridgehead atoms. The predicted octanol–water partition coefficient (Wildman–Crippen LogP) is 4.21. The summed E-state index contributed by atoms with van der Waals surface area (Å²) in [6.07, 6.45) is -6.13. The monoisotopic (exact) mass is 459 g/mol. The van der Waals surface area contributed by atoms with Gasteiger partial charge in [0, 0.05) is 18.5 Å². The first-order valence-electron chi connectivity index (χ1n) is 8.95. The van der Waals surface area contributed by atoms with Crippen LogP contribution in [0.25, 0.3) is 10.2 Å². The second-order valence-corrected chi connectivity index (χ2v) is 8.05. The molecule has 3 aromatic heterocycles. The molecule has 4 rings (SSSR count). The molecule has 3 aromatic rings. The minimum absolute atomic E-state index is 0.0532. The molecular weight excluding hydrogens is 445 g/mol. The Morgan fingerprint density at radius 3 is 2.48 bits per heavy atom. The third-order valence-electron chi connectivity index (χ3n) is 4.82. The molecular formula is C18H14F5N5O2S. The van der Waals surface area contributed by atoms with Crippen molar-refractivity contribution in [3.8, 4) is 0 Å². The van der Waals surface area contributed by atoms with Crippen molar-refractivity contribution < 1.29 is 31.5 Å². The van der Waals surface area contributed by atoms with Crippen molar-refractivity contribution in [3.05, 3.63) is 39.7 Å². The summed E-state index contributed by atoms with van der Waals surface area (Å²) >= 11 is 0.738. The van der Waals surface area contributed by atoms with E-state index in [1.165, 1.54) is 6.07 Å². The molecule has 2 amide bonds. The number of primary amides is 1. The molecule has 3 heterocycles. The van der Waals surface area contributed by atoms with E-state index in [4.69, 9.17) is 5.73 Å². The van der Waals surface area contributed by atoms with E-state index in [1.807, 2.05) is 0 Å². The first kappa shape index (κ1) is 21.2. The van der Waals surface area contributed by atoms with E-state index < -0.39 is 41.5 Å². The number of nitrogens with zero attached hydrogens (tertiary/aromatic N) is 3. The quantitative estimate of drug-likeness (QED) is 0.558. The Kier molecular flexibility index (Phi) is 4.95. The fourth-order valence-corrected chi connectivity index (χ4v) is 4.29. The number of carbonyl (C=O) groups is 2. The normalized spacial score (nSPS) is 14.4. The smallest absolute Gasteiger partial charge is 0.365 e. The maximum absolute atomic E-state index is 13.3. The SMILES string of the molecule is Cn1nc(C(F)(F)F)cc1C(=O)Nc1c(C(N)=O)sc2nc(C(F)F)cc(C3CC3)c12. The van der Waals surface area contributed by atoms with Crippen LogP contribution in [0, 0.1) is 0 Å². The molecule has 1 aliphatic rings. The molecule has 31 heavy (non-hydrogen) atoms. The zero-order chi connectivity index (χ0) is 22.7. The van der Waals surface area contributed by atoms with E-state index in [9.17, 15) is 31.5 Å². The number of amides is 2. The number of rotatable bonds is 5. The van der Waals surface area contributed by atoms with E-state index in [2.05, 4.69) is 15.4 Å². The Morgan fingerprint density at radius 2 is 1.97 bits per heavy atom. The number of aromatic nitrogens is 3. The number of fused-ring (bicyclic) bond motifs is 1. The van der Waals surface area contributed by atoms with Crippen LogP contribution in [0.1, 0.15) is 62.3 Å². The number of hydrogen-bond acceptors (Lipinski definition) is 5. The lowest BCUT2D eigenvalue weighted by Gasteiger charge is -2.10. The molecule has 0 aliphatic heterocycles. The lowest BCUT2D eigenvalue weighted by molar-refractivity contribution is -0.141. The van der Waals surface area contributed by atoms with Crippen LogP contribution in [0.4, 0.5) is 27.6 Å². The fourth-order valence-electron chi connectivity index (χ4n) is 3.26. The molecule has 13 heteroatoms. The first-order valence-corrected chi connectivity index (χ1v) is 9.77. The Labute approximate surface area is 175 Å². The highest BCUT2D eigenvalue weighted by atomic mass is 32.1. The van der Waals surface area contributed by atoms with Crippen molar-refractivity contribution in [3.63, 3.8) is 0 Å².